The molecule has 11 heavy (non-hydrogen) atoms. The molecule has 0 aliphatic carbocycles. The topological polar surface area (TPSA) is 3.24 Å². The van der Waals surface area contributed by atoms with Gasteiger partial charge in [-0.05, 0) is 33.4 Å². The minimum atomic E-state index is 0.598. The number of hydrogen-bond donors (Lipinski definition) is 0. The monoisotopic (exact) mass is 151 g/mol. The summed E-state index contributed by atoms with van der Waals surface area (Å²) in [6.07, 6.45) is 5.69. The van der Waals surface area contributed by atoms with E-state index in [-0.39, 0.29) is 0 Å². The summed E-state index contributed by atoms with van der Waals surface area (Å²) in [5, 5.41) is 0. The summed E-state index contributed by atoms with van der Waals surface area (Å²) in [6.45, 7) is 10.6. The van der Waals surface area contributed by atoms with Gasteiger partial charge < -0.3 is 0 Å². The van der Waals surface area contributed by atoms with Crippen LogP contribution in [0.15, 0.2) is 24.3 Å². The van der Waals surface area contributed by atoms with Crippen molar-refractivity contribution in [2.75, 3.05) is 13.1 Å². The lowest BCUT2D eigenvalue weighted by molar-refractivity contribution is 0.154. The van der Waals surface area contributed by atoms with Crippen molar-refractivity contribution in [3.63, 3.8) is 0 Å². The molecular formula is C10H17N. The Morgan fingerprint density at radius 1 is 1.55 bits per heavy atom. The van der Waals surface area contributed by atoms with E-state index in [1.165, 1.54) is 19.5 Å². The van der Waals surface area contributed by atoms with E-state index < -0.39 is 0 Å². The molecule has 0 aromatic rings. The number of nitrogens with zero attached hydrogens (tertiary/aromatic N) is 1. The molecule has 0 bridgehead atoms. The van der Waals surface area contributed by atoms with Crippen LogP contribution >= 0.6 is 0 Å². The number of hydrogen-bond acceptors (Lipinski definition) is 1. The standard InChI is InChI=1S/C10H17N/c1-9(2)5-6-10(3)11-7-4-8-11/h5-6,10H,1,4,7-8H2,2-3H3/b6-5+. The minimum absolute atomic E-state index is 0.598. The van der Waals surface area contributed by atoms with Crippen molar-refractivity contribution in [2.24, 2.45) is 0 Å². The van der Waals surface area contributed by atoms with Gasteiger partial charge in [0, 0.05) is 6.04 Å². The third-order valence-electron chi connectivity index (χ3n) is 2.13. The fourth-order valence-electron chi connectivity index (χ4n) is 1.17. The van der Waals surface area contributed by atoms with Crippen LogP contribution in [-0.4, -0.2) is 24.0 Å². The summed E-state index contributed by atoms with van der Waals surface area (Å²) in [4.78, 5) is 2.46. The zero-order chi connectivity index (χ0) is 8.27. The van der Waals surface area contributed by atoms with Crippen molar-refractivity contribution >= 4 is 0 Å². The lowest BCUT2D eigenvalue weighted by atomic mass is 10.1. The Hall–Kier alpha value is -0.560. The summed E-state index contributed by atoms with van der Waals surface area (Å²) in [5.74, 6) is 0. The van der Waals surface area contributed by atoms with Gasteiger partial charge in [-0.3, -0.25) is 4.90 Å². The molecule has 1 heterocycles. The Labute approximate surface area is 69.4 Å². The van der Waals surface area contributed by atoms with Crippen molar-refractivity contribution in [3.05, 3.63) is 24.3 Å². The highest BCUT2D eigenvalue weighted by Gasteiger charge is 2.17. The van der Waals surface area contributed by atoms with Gasteiger partial charge in [0.15, 0.2) is 0 Å². The molecule has 1 rings (SSSR count). The summed E-state index contributed by atoms with van der Waals surface area (Å²) in [5.41, 5.74) is 1.14. The quantitative estimate of drug-likeness (QED) is 0.559. The molecule has 1 nitrogen and oxygen atoms in total. The van der Waals surface area contributed by atoms with E-state index in [1.54, 1.807) is 0 Å². The van der Waals surface area contributed by atoms with Crippen LogP contribution in [0, 0.1) is 0 Å². The molecule has 1 fully saturated rings. The molecule has 0 spiro atoms. The van der Waals surface area contributed by atoms with E-state index in [0.29, 0.717) is 6.04 Å². The summed E-state index contributed by atoms with van der Waals surface area (Å²) < 4.78 is 0. The number of allylic oxidation sites excluding steroid dienone is 2. The highest BCUT2D eigenvalue weighted by molar-refractivity contribution is 5.13. The minimum Gasteiger partial charge on any atom is -0.297 e. The number of rotatable bonds is 3. The SMILES string of the molecule is C=C(C)/C=C/C(C)N1CCC1. The molecule has 62 valence electrons. The van der Waals surface area contributed by atoms with E-state index in [0.717, 1.165) is 5.57 Å². The average molecular weight is 151 g/mol. The van der Waals surface area contributed by atoms with Crippen LogP contribution in [0.2, 0.25) is 0 Å². The molecular weight excluding hydrogens is 134 g/mol. The predicted molar refractivity (Wildman–Crippen MR) is 49.6 cm³/mol. The van der Waals surface area contributed by atoms with Gasteiger partial charge in [-0.25, -0.2) is 0 Å². The Morgan fingerprint density at radius 3 is 2.55 bits per heavy atom. The van der Waals surface area contributed by atoms with E-state index in [2.05, 4.69) is 30.6 Å². The first-order valence-electron chi connectivity index (χ1n) is 4.28. The Bertz CT molecular complexity index is 166. The first-order chi connectivity index (χ1) is 5.20. The van der Waals surface area contributed by atoms with Gasteiger partial charge in [-0.2, -0.15) is 0 Å². The summed E-state index contributed by atoms with van der Waals surface area (Å²) >= 11 is 0. The second-order valence-corrected chi connectivity index (χ2v) is 3.34. The van der Waals surface area contributed by atoms with Crippen LogP contribution in [0.4, 0.5) is 0 Å². The molecule has 0 radical (unpaired) electrons. The highest BCUT2D eigenvalue weighted by Crippen LogP contribution is 2.11. The molecule has 0 amide bonds. The zero-order valence-electron chi connectivity index (χ0n) is 7.51. The highest BCUT2D eigenvalue weighted by atomic mass is 15.2. The lowest BCUT2D eigenvalue weighted by Gasteiger charge is -2.34. The van der Waals surface area contributed by atoms with E-state index in [1.807, 2.05) is 6.92 Å². The van der Waals surface area contributed by atoms with E-state index >= 15 is 0 Å². The maximum absolute atomic E-state index is 3.82. The molecule has 1 atom stereocenters. The van der Waals surface area contributed by atoms with E-state index in [4.69, 9.17) is 0 Å². The van der Waals surface area contributed by atoms with Crippen LogP contribution in [-0.2, 0) is 0 Å². The first kappa shape index (κ1) is 8.54. The Kier molecular flexibility index (Phi) is 2.89. The van der Waals surface area contributed by atoms with Crippen LogP contribution in [0.25, 0.3) is 0 Å². The molecule has 1 heteroatoms. The molecule has 0 saturated carbocycles. The third-order valence-corrected chi connectivity index (χ3v) is 2.13. The van der Waals surface area contributed by atoms with Crippen molar-refractivity contribution in [1.29, 1.82) is 0 Å². The van der Waals surface area contributed by atoms with Crippen molar-refractivity contribution in [2.45, 2.75) is 26.3 Å². The smallest absolute Gasteiger partial charge is 0.0253 e. The average Bonchev–Trinajstić information content (AvgIpc) is 1.79. The maximum Gasteiger partial charge on any atom is 0.0253 e. The molecule has 1 aliphatic rings. The summed E-state index contributed by atoms with van der Waals surface area (Å²) in [6, 6.07) is 0.598. The first-order valence-corrected chi connectivity index (χ1v) is 4.28. The fraction of sp³-hybridized carbons (Fsp3) is 0.600. The van der Waals surface area contributed by atoms with Crippen molar-refractivity contribution < 1.29 is 0 Å². The normalized spacial score (nSPS) is 21.6. The van der Waals surface area contributed by atoms with Gasteiger partial charge in [0.25, 0.3) is 0 Å². The van der Waals surface area contributed by atoms with Gasteiger partial charge in [0.1, 0.15) is 0 Å². The third kappa shape index (κ3) is 2.51. The van der Waals surface area contributed by atoms with Gasteiger partial charge in [0.2, 0.25) is 0 Å². The van der Waals surface area contributed by atoms with Crippen LogP contribution in [0.3, 0.4) is 0 Å². The predicted octanol–water partition coefficient (Wildman–Crippen LogP) is 2.21. The summed E-state index contributed by atoms with van der Waals surface area (Å²) in [7, 11) is 0. The Morgan fingerprint density at radius 2 is 2.18 bits per heavy atom. The molecule has 0 aromatic heterocycles. The molecule has 1 saturated heterocycles. The van der Waals surface area contributed by atoms with Crippen molar-refractivity contribution in [1.82, 2.24) is 4.90 Å². The second kappa shape index (κ2) is 3.72. The van der Waals surface area contributed by atoms with E-state index in [9.17, 15) is 0 Å². The second-order valence-electron chi connectivity index (χ2n) is 3.34. The van der Waals surface area contributed by atoms with Crippen LogP contribution in [0.1, 0.15) is 20.3 Å². The molecule has 1 unspecified atom stereocenters. The van der Waals surface area contributed by atoms with Crippen LogP contribution < -0.4 is 0 Å². The largest absolute Gasteiger partial charge is 0.297 e. The number of likely N-dealkylation sites (tertiary alicyclic amines) is 1. The fourth-order valence-corrected chi connectivity index (χ4v) is 1.17. The van der Waals surface area contributed by atoms with Gasteiger partial charge in [-0.15, -0.1) is 0 Å². The lowest BCUT2D eigenvalue weighted by Crippen LogP contribution is -2.42. The van der Waals surface area contributed by atoms with Crippen molar-refractivity contribution in [3.8, 4) is 0 Å². The van der Waals surface area contributed by atoms with Gasteiger partial charge in [0.05, 0.1) is 0 Å². The molecule has 0 N–H and O–H groups in total. The zero-order valence-corrected chi connectivity index (χ0v) is 7.51. The maximum atomic E-state index is 3.82. The van der Waals surface area contributed by atoms with Gasteiger partial charge in [-0.1, -0.05) is 24.3 Å². The molecule has 0 aromatic carbocycles. The molecule has 1 aliphatic heterocycles. The Balaban J connectivity index is 2.29. The van der Waals surface area contributed by atoms with Gasteiger partial charge >= 0.3 is 0 Å². The van der Waals surface area contributed by atoms with Crippen LogP contribution in [0.5, 0.6) is 0 Å².